The average molecular weight is 285 g/mol. The van der Waals surface area contributed by atoms with Gasteiger partial charge in [-0.15, -0.1) is 0 Å². The first-order chi connectivity index (χ1) is 9.97. The third-order valence-electron chi connectivity index (χ3n) is 3.09. The molecule has 110 valence electrons. The number of aryl methyl sites for hydroxylation is 1. The number of aromatic nitrogens is 1. The van der Waals surface area contributed by atoms with Crippen molar-refractivity contribution < 1.29 is 9.90 Å². The van der Waals surface area contributed by atoms with Crippen LogP contribution < -0.4 is 5.32 Å². The molecule has 0 bridgehead atoms. The molecule has 0 aliphatic heterocycles. The van der Waals surface area contributed by atoms with Crippen LogP contribution in [0.3, 0.4) is 0 Å². The van der Waals surface area contributed by atoms with E-state index in [1.165, 1.54) is 4.90 Å². The minimum absolute atomic E-state index is 0.0282. The second-order valence-electron chi connectivity index (χ2n) is 5.05. The molecule has 0 unspecified atom stereocenters. The van der Waals surface area contributed by atoms with E-state index in [9.17, 15) is 9.90 Å². The molecule has 2 aromatic rings. The average Bonchev–Trinajstić information content (AvgIpc) is 2.48. The van der Waals surface area contributed by atoms with Crippen molar-refractivity contribution in [2.45, 2.75) is 13.5 Å². The molecule has 2 rings (SSSR count). The minimum atomic E-state index is -0.0282. The Balaban J connectivity index is 2.04. The molecule has 0 spiro atoms. The molecule has 0 atom stereocenters. The maximum absolute atomic E-state index is 11.8. The van der Waals surface area contributed by atoms with Gasteiger partial charge in [0.2, 0.25) is 0 Å². The molecule has 2 N–H and O–H groups in total. The van der Waals surface area contributed by atoms with Gasteiger partial charge in [0.15, 0.2) is 0 Å². The van der Waals surface area contributed by atoms with Gasteiger partial charge in [-0.3, -0.25) is 9.78 Å². The van der Waals surface area contributed by atoms with Gasteiger partial charge in [0.05, 0.1) is 6.54 Å². The van der Waals surface area contributed by atoms with E-state index in [-0.39, 0.29) is 11.7 Å². The lowest BCUT2D eigenvalue weighted by Crippen LogP contribution is -2.21. The van der Waals surface area contributed by atoms with Crippen molar-refractivity contribution >= 4 is 11.6 Å². The third-order valence-corrected chi connectivity index (χ3v) is 3.09. The highest BCUT2D eigenvalue weighted by Gasteiger charge is 2.07. The fraction of sp³-hybridized carbons (Fsp3) is 0.250. The summed E-state index contributed by atoms with van der Waals surface area (Å²) in [6.07, 6.45) is 0. The predicted octanol–water partition coefficient (Wildman–Crippen LogP) is 2.41. The van der Waals surface area contributed by atoms with E-state index in [1.807, 2.05) is 19.1 Å². The topological polar surface area (TPSA) is 65.5 Å². The second-order valence-corrected chi connectivity index (χ2v) is 5.05. The maximum atomic E-state index is 11.8. The van der Waals surface area contributed by atoms with Crippen LogP contribution >= 0.6 is 0 Å². The zero-order valence-electron chi connectivity index (χ0n) is 12.4. The van der Waals surface area contributed by atoms with Crippen molar-refractivity contribution in [1.29, 1.82) is 0 Å². The Labute approximate surface area is 124 Å². The quantitative estimate of drug-likeness (QED) is 0.905. The molecule has 1 aromatic carbocycles. The van der Waals surface area contributed by atoms with E-state index in [0.717, 1.165) is 11.4 Å². The molecular formula is C16H19N3O2. The van der Waals surface area contributed by atoms with Crippen molar-refractivity contribution in [1.82, 2.24) is 9.88 Å². The number of carbonyl (C=O) groups excluding carboxylic acids is 1. The number of rotatable bonds is 4. The first-order valence-electron chi connectivity index (χ1n) is 6.68. The molecule has 5 heteroatoms. The Hall–Kier alpha value is -2.56. The third kappa shape index (κ3) is 3.72. The number of aromatic hydroxyl groups is 1. The lowest BCUT2D eigenvalue weighted by molar-refractivity contribution is 0.0827. The smallest absolute Gasteiger partial charge is 0.253 e. The fourth-order valence-corrected chi connectivity index (χ4v) is 1.91. The molecule has 0 saturated heterocycles. The Morgan fingerprint density at radius 2 is 1.86 bits per heavy atom. The zero-order valence-corrected chi connectivity index (χ0v) is 12.4. The van der Waals surface area contributed by atoms with Gasteiger partial charge in [-0.1, -0.05) is 0 Å². The summed E-state index contributed by atoms with van der Waals surface area (Å²) in [5.74, 6) is 0.145. The largest absolute Gasteiger partial charge is 0.506 e. The van der Waals surface area contributed by atoms with Gasteiger partial charge < -0.3 is 15.3 Å². The molecule has 0 fully saturated rings. The predicted molar refractivity (Wildman–Crippen MR) is 82.4 cm³/mol. The molecule has 0 radical (unpaired) electrons. The van der Waals surface area contributed by atoms with Crippen molar-refractivity contribution in [2.24, 2.45) is 0 Å². The van der Waals surface area contributed by atoms with Crippen molar-refractivity contribution in [3.63, 3.8) is 0 Å². The van der Waals surface area contributed by atoms with Crippen LogP contribution in [0.5, 0.6) is 5.75 Å². The van der Waals surface area contributed by atoms with Crippen LogP contribution in [0, 0.1) is 6.92 Å². The Morgan fingerprint density at radius 1 is 1.19 bits per heavy atom. The standard InChI is InChI=1S/C16H19N3O2/c1-11-4-9-15(20)14(18-11)10-17-13-7-5-12(6-8-13)16(21)19(2)3/h4-9,17,20H,10H2,1-3H3. The van der Waals surface area contributed by atoms with Crippen LogP contribution in [-0.2, 0) is 6.54 Å². The summed E-state index contributed by atoms with van der Waals surface area (Å²) in [5.41, 5.74) is 2.97. The molecular weight excluding hydrogens is 266 g/mol. The normalized spacial score (nSPS) is 10.2. The number of anilines is 1. The molecule has 5 nitrogen and oxygen atoms in total. The first kappa shape index (κ1) is 14.8. The van der Waals surface area contributed by atoms with Gasteiger partial charge >= 0.3 is 0 Å². The molecule has 0 aliphatic rings. The molecule has 1 amide bonds. The zero-order chi connectivity index (χ0) is 15.4. The van der Waals surface area contributed by atoms with Crippen LogP contribution in [0.4, 0.5) is 5.69 Å². The highest BCUT2D eigenvalue weighted by Crippen LogP contribution is 2.17. The Kier molecular flexibility index (Phi) is 4.42. The summed E-state index contributed by atoms with van der Waals surface area (Å²) in [6.45, 7) is 2.30. The van der Waals surface area contributed by atoms with Crippen molar-refractivity contribution in [3.8, 4) is 5.75 Å². The van der Waals surface area contributed by atoms with Crippen LogP contribution in [-0.4, -0.2) is 35.0 Å². The summed E-state index contributed by atoms with van der Waals surface area (Å²) < 4.78 is 0. The van der Waals surface area contributed by atoms with Gasteiger partial charge in [0, 0.05) is 31.0 Å². The second kappa shape index (κ2) is 6.26. The van der Waals surface area contributed by atoms with Crippen LogP contribution in [0.15, 0.2) is 36.4 Å². The van der Waals surface area contributed by atoms with E-state index < -0.39 is 0 Å². The van der Waals surface area contributed by atoms with Gasteiger partial charge in [0.1, 0.15) is 11.4 Å². The van der Waals surface area contributed by atoms with E-state index in [1.54, 1.807) is 38.4 Å². The number of pyridine rings is 1. The number of hydrogen-bond acceptors (Lipinski definition) is 4. The molecule has 1 heterocycles. The number of nitrogens with one attached hydrogen (secondary N) is 1. The van der Waals surface area contributed by atoms with Crippen LogP contribution in [0.2, 0.25) is 0 Å². The number of nitrogens with zero attached hydrogens (tertiary/aromatic N) is 2. The first-order valence-corrected chi connectivity index (χ1v) is 6.68. The van der Waals surface area contributed by atoms with Crippen molar-refractivity contribution in [3.05, 3.63) is 53.3 Å². The van der Waals surface area contributed by atoms with Gasteiger partial charge in [0.25, 0.3) is 5.91 Å². The lowest BCUT2D eigenvalue weighted by Gasteiger charge is -2.11. The number of hydrogen-bond donors (Lipinski definition) is 2. The Bertz CT molecular complexity index is 636. The summed E-state index contributed by atoms with van der Waals surface area (Å²) in [6, 6.07) is 10.6. The summed E-state index contributed by atoms with van der Waals surface area (Å²) in [7, 11) is 3.45. The molecule has 0 aliphatic carbocycles. The van der Waals surface area contributed by atoms with E-state index in [4.69, 9.17) is 0 Å². The number of amides is 1. The van der Waals surface area contributed by atoms with Gasteiger partial charge in [-0.25, -0.2) is 0 Å². The number of carbonyl (C=O) groups is 1. The number of benzene rings is 1. The van der Waals surface area contributed by atoms with Crippen LogP contribution in [0.25, 0.3) is 0 Å². The molecule has 1 aromatic heterocycles. The maximum Gasteiger partial charge on any atom is 0.253 e. The summed E-state index contributed by atoms with van der Waals surface area (Å²) >= 11 is 0. The van der Waals surface area contributed by atoms with Gasteiger partial charge in [-0.05, 0) is 43.3 Å². The SMILES string of the molecule is Cc1ccc(O)c(CNc2ccc(C(=O)N(C)C)cc2)n1. The van der Waals surface area contributed by atoms with E-state index in [2.05, 4.69) is 10.3 Å². The van der Waals surface area contributed by atoms with Crippen molar-refractivity contribution in [2.75, 3.05) is 19.4 Å². The monoisotopic (exact) mass is 285 g/mol. The van der Waals surface area contributed by atoms with E-state index in [0.29, 0.717) is 17.8 Å². The lowest BCUT2D eigenvalue weighted by atomic mass is 10.2. The fourth-order valence-electron chi connectivity index (χ4n) is 1.91. The summed E-state index contributed by atoms with van der Waals surface area (Å²) in [4.78, 5) is 17.6. The molecule has 0 saturated carbocycles. The van der Waals surface area contributed by atoms with Gasteiger partial charge in [-0.2, -0.15) is 0 Å². The highest BCUT2D eigenvalue weighted by atomic mass is 16.3. The minimum Gasteiger partial charge on any atom is -0.506 e. The summed E-state index contributed by atoms with van der Waals surface area (Å²) in [5, 5.41) is 12.9. The molecule has 21 heavy (non-hydrogen) atoms. The van der Waals surface area contributed by atoms with Crippen LogP contribution in [0.1, 0.15) is 21.7 Å². The van der Waals surface area contributed by atoms with E-state index >= 15 is 0 Å². The highest BCUT2D eigenvalue weighted by molar-refractivity contribution is 5.94. The Morgan fingerprint density at radius 3 is 2.48 bits per heavy atom.